The van der Waals surface area contributed by atoms with Crippen molar-refractivity contribution in [3.8, 4) is 33.6 Å². The molecule has 3 saturated heterocycles. The van der Waals surface area contributed by atoms with Gasteiger partial charge in [0.25, 0.3) is 0 Å². The summed E-state index contributed by atoms with van der Waals surface area (Å²) in [5.74, 6) is 0. The third-order valence-electron chi connectivity index (χ3n) is 20.2. The van der Waals surface area contributed by atoms with Crippen molar-refractivity contribution in [3.05, 3.63) is 197 Å². The van der Waals surface area contributed by atoms with Gasteiger partial charge < -0.3 is 37.1 Å². The highest BCUT2D eigenvalue weighted by molar-refractivity contribution is 9.10. The molecule has 15 rings (SSSR count). The van der Waals surface area contributed by atoms with Gasteiger partial charge in [-0.3, -0.25) is 0 Å². The van der Waals surface area contributed by atoms with Crippen LogP contribution in [0.5, 0.6) is 0 Å². The molecular weight excluding hydrogens is 1100 g/mol. The lowest BCUT2D eigenvalue weighted by molar-refractivity contribution is 0.00578. The summed E-state index contributed by atoms with van der Waals surface area (Å²) < 4.78 is 42.6. The second-order valence-electron chi connectivity index (χ2n) is 27.8. The van der Waals surface area contributed by atoms with Crippen LogP contribution in [0, 0.1) is 0 Å². The molecule has 84 heavy (non-hydrogen) atoms. The van der Waals surface area contributed by atoms with Crippen LogP contribution < -0.4 is 5.46 Å². The van der Waals surface area contributed by atoms with E-state index in [1.54, 1.807) is 0 Å². The van der Waals surface area contributed by atoms with E-state index >= 15 is 0 Å². The number of para-hydroxylation sites is 2. The summed E-state index contributed by atoms with van der Waals surface area (Å²) in [4.78, 5) is 0. The molecule has 8 aromatic carbocycles. The van der Waals surface area contributed by atoms with E-state index in [4.69, 9.17) is 27.9 Å². The van der Waals surface area contributed by atoms with Crippen LogP contribution in [0.4, 0.5) is 0 Å². The second kappa shape index (κ2) is 19.4. The van der Waals surface area contributed by atoms with Crippen LogP contribution >= 0.6 is 15.9 Å². The first kappa shape index (κ1) is 56.9. The van der Waals surface area contributed by atoms with Gasteiger partial charge in [-0.25, -0.2) is 0 Å². The first-order valence-corrected chi connectivity index (χ1v) is 30.6. The second-order valence-corrected chi connectivity index (χ2v) is 28.7. The van der Waals surface area contributed by atoms with Crippen molar-refractivity contribution in [1.82, 2.24) is 9.13 Å². The summed E-state index contributed by atoms with van der Waals surface area (Å²) in [6, 6.07) is 62.0. The highest BCUT2D eigenvalue weighted by Crippen LogP contribution is 2.53. The summed E-state index contributed by atoms with van der Waals surface area (Å²) in [7, 11) is -1.34. The third kappa shape index (κ3) is 8.86. The monoisotopic (exact) mass is 1180 g/mol. The lowest BCUT2D eigenvalue weighted by Crippen LogP contribution is -2.41. The number of benzene rings is 8. The van der Waals surface area contributed by atoms with Crippen LogP contribution in [-0.2, 0) is 38.8 Å². The number of halogens is 1. The van der Waals surface area contributed by atoms with Gasteiger partial charge in [-0.05, 0) is 206 Å². The zero-order valence-electron chi connectivity index (χ0n) is 51.6. The summed E-state index contributed by atoms with van der Waals surface area (Å²) in [5, 5.41) is 5.05. The molecule has 12 heteroatoms. The molecule has 5 aliphatic rings. The van der Waals surface area contributed by atoms with Crippen LogP contribution in [0.1, 0.15) is 133 Å². The Balaban J connectivity index is 0.000000125. The first-order chi connectivity index (χ1) is 39.5. The van der Waals surface area contributed by atoms with E-state index in [-0.39, 0.29) is 44.4 Å². The number of hydrogen-bond donors (Lipinski definition) is 0. The lowest BCUT2D eigenvalue weighted by atomic mass is 9.49. The van der Waals surface area contributed by atoms with Crippen LogP contribution in [0.2, 0.25) is 0 Å². The Labute approximate surface area is 505 Å². The van der Waals surface area contributed by atoms with Crippen molar-refractivity contribution < 1.29 is 27.9 Å². The highest BCUT2D eigenvalue weighted by Gasteiger charge is 2.64. The van der Waals surface area contributed by atoms with E-state index < -0.39 is 21.1 Å². The lowest BCUT2D eigenvalue weighted by Gasteiger charge is -2.32. The van der Waals surface area contributed by atoms with Gasteiger partial charge in [-0.15, -0.1) is 0 Å². The van der Waals surface area contributed by atoms with Crippen molar-refractivity contribution in [2.24, 2.45) is 0 Å². The number of nitrogens with zero attached hydrogens (tertiary/aromatic N) is 2. The highest BCUT2D eigenvalue weighted by atomic mass is 79.9. The van der Waals surface area contributed by atoms with Gasteiger partial charge >= 0.3 is 21.1 Å². The largest absolute Gasteiger partial charge is 0.494 e. The maximum atomic E-state index is 6.42. The molecular formula is C72H76B3BrN2O6. The number of rotatable bonds is 4. The van der Waals surface area contributed by atoms with Crippen molar-refractivity contribution in [1.29, 1.82) is 0 Å². The molecule has 5 heterocycles. The minimum Gasteiger partial charge on any atom is -0.405 e. The van der Waals surface area contributed by atoms with Crippen LogP contribution in [0.15, 0.2) is 174 Å². The number of hydrogen-bond acceptors (Lipinski definition) is 6. The molecule has 0 saturated carbocycles. The molecule has 2 aromatic heterocycles. The molecule has 0 spiro atoms. The minimum absolute atomic E-state index is 0.00132. The average molecular weight is 1180 g/mol. The Morgan fingerprint density at radius 1 is 0.310 bits per heavy atom. The fraction of sp³-hybridized carbons (Fsp3) is 0.333. The third-order valence-corrected chi connectivity index (χ3v) is 20.7. The van der Waals surface area contributed by atoms with Gasteiger partial charge in [0.1, 0.15) is 0 Å². The van der Waals surface area contributed by atoms with Crippen molar-refractivity contribution >= 4 is 86.1 Å². The zero-order valence-corrected chi connectivity index (χ0v) is 53.2. The molecule has 0 radical (unpaired) electrons. The maximum absolute atomic E-state index is 6.42. The minimum atomic E-state index is -0.476. The van der Waals surface area contributed by atoms with Gasteiger partial charge in [-0.2, -0.15) is 0 Å². The van der Waals surface area contributed by atoms with E-state index in [1.807, 2.05) is 55.4 Å². The van der Waals surface area contributed by atoms with Crippen LogP contribution in [0.3, 0.4) is 0 Å². The van der Waals surface area contributed by atoms with E-state index in [2.05, 4.69) is 250 Å². The normalized spacial score (nSPS) is 20.1. The molecule has 2 aliphatic carbocycles. The smallest absolute Gasteiger partial charge is 0.405 e. The molecule has 10 aromatic rings. The van der Waals surface area contributed by atoms with Crippen LogP contribution in [-0.4, -0.2) is 63.9 Å². The molecule has 0 bridgehead atoms. The van der Waals surface area contributed by atoms with Crippen LogP contribution in [0.25, 0.3) is 77.2 Å². The summed E-state index contributed by atoms with van der Waals surface area (Å²) in [5.41, 5.74) is 17.1. The van der Waals surface area contributed by atoms with Gasteiger partial charge in [0.2, 0.25) is 0 Å². The Morgan fingerprint density at radius 3 is 1.07 bits per heavy atom. The molecule has 8 nitrogen and oxygen atoms in total. The SMILES string of the molecule is CC1(C)OB(B2OC(C)(C)C(C)(C)O2)OC1(C)C.CC1(C)c2ccccc2-c2cc3c4cc(B5OC(C)(C)C(C)(C)O5)ccc4n(-c4ccccc4)c3cc21.CC1(C)c2ccccc2-c2cc3c4cc(Br)ccc4n(-c4ccccc4)c3cc21. The Hall–Kier alpha value is -6.21. The summed E-state index contributed by atoms with van der Waals surface area (Å²) >= 11 is 3.68. The van der Waals surface area contributed by atoms with Crippen molar-refractivity contribution in [2.75, 3.05) is 0 Å². The Morgan fingerprint density at radius 2 is 0.655 bits per heavy atom. The Kier molecular flexibility index (Phi) is 13.1. The zero-order chi connectivity index (χ0) is 59.5. The molecule has 0 atom stereocenters. The predicted molar refractivity (Wildman–Crippen MR) is 352 cm³/mol. The molecule has 426 valence electrons. The molecule has 0 unspecified atom stereocenters. The van der Waals surface area contributed by atoms with E-state index in [1.165, 1.54) is 99.5 Å². The van der Waals surface area contributed by atoms with Gasteiger partial charge in [0, 0.05) is 48.2 Å². The Bertz CT molecular complexity index is 4190. The van der Waals surface area contributed by atoms with E-state index in [9.17, 15) is 0 Å². The van der Waals surface area contributed by atoms with E-state index in [0.717, 1.165) is 9.94 Å². The molecule has 3 aliphatic heterocycles. The fourth-order valence-corrected chi connectivity index (χ4v) is 13.6. The van der Waals surface area contributed by atoms with E-state index in [0.29, 0.717) is 0 Å². The van der Waals surface area contributed by atoms with Gasteiger partial charge in [0.05, 0.1) is 55.7 Å². The number of fused-ring (bicyclic) bond motifs is 12. The van der Waals surface area contributed by atoms with Crippen molar-refractivity contribution in [3.63, 3.8) is 0 Å². The standard InChI is InChI=1S/C33H32BNO2.C27H20BrN.C12H24B2O4/c1-31(2)27-15-11-10-14-23(27)24-19-26-25-18-21(34-36-32(3,4)33(5,6)37-34)16-17-29(25)35(30(26)20-28(24)31)22-12-8-7-9-13-22;1-27(2)23-11-7-6-10-19(23)20-15-22-21-14-17(28)12-13-25(21)29(26(22)16-24(20)27)18-8-4-3-5-9-18;1-9(2)10(3,4)16-13(15-9)14-17-11(5,6)12(7,8)18-14/h7-20H,1-6H3;3-16H,1-2H3;1-8H3. The van der Waals surface area contributed by atoms with Gasteiger partial charge in [0.15, 0.2) is 0 Å². The summed E-state index contributed by atoms with van der Waals surface area (Å²) in [6.45, 7) is 34.0. The topological polar surface area (TPSA) is 65.2 Å². The first-order valence-electron chi connectivity index (χ1n) is 29.8. The van der Waals surface area contributed by atoms with Gasteiger partial charge in [-0.1, -0.05) is 141 Å². The molecule has 0 N–H and O–H groups in total. The fourth-order valence-electron chi connectivity index (χ4n) is 13.3. The summed E-state index contributed by atoms with van der Waals surface area (Å²) in [6.07, 6.45) is 0. The quantitative estimate of drug-likeness (QED) is 0.164. The average Bonchev–Trinajstić information content (AvgIpc) is 2.17. The number of aromatic nitrogens is 2. The molecule has 0 amide bonds. The predicted octanol–water partition coefficient (Wildman–Crippen LogP) is 17.5. The molecule has 3 fully saturated rings. The van der Waals surface area contributed by atoms with Crippen molar-refractivity contribution in [2.45, 2.75) is 155 Å². The maximum Gasteiger partial charge on any atom is 0.494 e.